The van der Waals surface area contributed by atoms with Gasteiger partial charge >= 0.3 is 0 Å². The number of hydrogen-bond acceptors (Lipinski definition) is 3. The van der Waals surface area contributed by atoms with Crippen molar-refractivity contribution in [2.75, 3.05) is 33.9 Å². The van der Waals surface area contributed by atoms with Crippen molar-refractivity contribution >= 4 is 0 Å². The molecule has 0 aliphatic carbocycles. The van der Waals surface area contributed by atoms with E-state index in [1.165, 1.54) is 19.3 Å². The van der Waals surface area contributed by atoms with Gasteiger partial charge in [-0.05, 0) is 33.4 Å². The lowest BCUT2D eigenvalue weighted by Crippen LogP contribution is -2.47. The minimum atomic E-state index is 0.484. The molecule has 3 heteroatoms. The van der Waals surface area contributed by atoms with Crippen LogP contribution in [0.1, 0.15) is 40.0 Å². The Kier molecular flexibility index (Phi) is 9.99. The molecule has 0 aromatic rings. The maximum Gasteiger partial charge on any atom is 0.0630 e. The highest BCUT2D eigenvalue weighted by atomic mass is 16.5. The van der Waals surface area contributed by atoms with E-state index in [9.17, 15) is 0 Å². The van der Waals surface area contributed by atoms with Crippen LogP contribution in [-0.4, -0.2) is 50.8 Å². The van der Waals surface area contributed by atoms with Gasteiger partial charge in [-0.2, -0.15) is 0 Å². The monoisotopic (exact) mass is 230 g/mol. The van der Waals surface area contributed by atoms with E-state index < -0.39 is 0 Å². The van der Waals surface area contributed by atoms with Gasteiger partial charge in [-0.15, -0.1) is 0 Å². The van der Waals surface area contributed by atoms with Gasteiger partial charge in [0.05, 0.1) is 6.61 Å². The summed E-state index contributed by atoms with van der Waals surface area (Å²) in [6.45, 7) is 9.66. The second kappa shape index (κ2) is 10.1. The molecule has 0 heterocycles. The summed E-state index contributed by atoms with van der Waals surface area (Å²) in [5, 5.41) is 3.48. The molecule has 0 aromatic heterocycles. The highest BCUT2D eigenvalue weighted by Gasteiger charge is 2.18. The lowest BCUT2D eigenvalue weighted by Gasteiger charge is -2.33. The molecule has 0 bridgehead atoms. The van der Waals surface area contributed by atoms with E-state index in [4.69, 9.17) is 4.74 Å². The molecule has 0 aromatic carbocycles. The van der Waals surface area contributed by atoms with Crippen LogP contribution in [0.5, 0.6) is 0 Å². The second-order valence-electron chi connectivity index (χ2n) is 4.62. The predicted molar refractivity (Wildman–Crippen MR) is 71.0 cm³/mol. The SMILES string of the molecule is CCCNCC(COC)N(C)C(C)CCC. The molecule has 1 N–H and O–H groups in total. The van der Waals surface area contributed by atoms with E-state index in [0.29, 0.717) is 12.1 Å². The summed E-state index contributed by atoms with van der Waals surface area (Å²) in [6.07, 6.45) is 3.69. The third kappa shape index (κ3) is 6.46. The number of hydrogen-bond donors (Lipinski definition) is 1. The average Bonchev–Trinajstić information content (AvgIpc) is 2.27. The molecule has 98 valence electrons. The van der Waals surface area contributed by atoms with Crippen molar-refractivity contribution in [2.45, 2.75) is 52.1 Å². The Morgan fingerprint density at radius 2 is 1.94 bits per heavy atom. The van der Waals surface area contributed by atoms with Crippen molar-refractivity contribution in [2.24, 2.45) is 0 Å². The molecule has 16 heavy (non-hydrogen) atoms. The fourth-order valence-corrected chi connectivity index (χ4v) is 1.94. The maximum absolute atomic E-state index is 5.30. The number of ether oxygens (including phenoxy) is 1. The van der Waals surface area contributed by atoms with Gasteiger partial charge in [-0.3, -0.25) is 4.90 Å². The van der Waals surface area contributed by atoms with Gasteiger partial charge in [0.1, 0.15) is 0 Å². The van der Waals surface area contributed by atoms with Crippen LogP contribution in [0.4, 0.5) is 0 Å². The topological polar surface area (TPSA) is 24.5 Å². The minimum Gasteiger partial charge on any atom is -0.383 e. The highest BCUT2D eigenvalue weighted by molar-refractivity contribution is 4.75. The summed E-state index contributed by atoms with van der Waals surface area (Å²) >= 11 is 0. The quantitative estimate of drug-likeness (QED) is 0.582. The van der Waals surface area contributed by atoms with Gasteiger partial charge in [0.2, 0.25) is 0 Å². The van der Waals surface area contributed by atoms with Crippen molar-refractivity contribution in [3.05, 3.63) is 0 Å². The van der Waals surface area contributed by atoms with E-state index in [1.807, 2.05) is 0 Å². The Balaban J connectivity index is 4.05. The van der Waals surface area contributed by atoms with Crippen molar-refractivity contribution < 1.29 is 4.74 Å². The van der Waals surface area contributed by atoms with Crippen LogP contribution < -0.4 is 5.32 Å². The van der Waals surface area contributed by atoms with Gasteiger partial charge < -0.3 is 10.1 Å². The first-order valence-corrected chi connectivity index (χ1v) is 6.58. The van der Waals surface area contributed by atoms with Crippen molar-refractivity contribution in [1.29, 1.82) is 0 Å². The molecule has 0 spiro atoms. The second-order valence-corrected chi connectivity index (χ2v) is 4.62. The smallest absolute Gasteiger partial charge is 0.0630 e. The Bertz CT molecular complexity index is 153. The zero-order valence-corrected chi connectivity index (χ0v) is 11.8. The minimum absolute atomic E-state index is 0.484. The zero-order chi connectivity index (χ0) is 12.4. The highest BCUT2D eigenvalue weighted by Crippen LogP contribution is 2.08. The molecule has 0 saturated carbocycles. The first-order valence-electron chi connectivity index (χ1n) is 6.58. The van der Waals surface area contributed by atoms with Crippen LogP contribution in [0, 0.1) is 0 Å². The summed E-state index contributed by atoms with van der Waals surface area (Å²) in [5.74, 6) is 0. The molecule has 0 amide bonds. The summed E-state index contributed by atoms with van der Waals surface area (Å²) < 4.78 is 5.30. The Hall–Kier alpha value is -0.120. The number of methoxy groups -OCH3 is 1. The molecule has 2 atom stereocenters. The average molecular weight is 230 g/mol. The maximum atomic E-state index is 5.30. The first-order chi connectivity index (χ1) is 7.67. The summed E-state index contributed by atoms with van der Waals surface area (Å²) in [6, 6.07) is 1.12. The largest absolute Gasteiger partial charge is 0.383 e. The Morgan fingerprint density at radius 3 is 2.44 bits per heavy atom. The van der Waals surface area contributed by atoms with Gasteiger partial charge in [-0.1, -0.05) is 20.3 Å². The Morgan fingerprint density at radius 1 is 1.25 bits per heavy atom. The lowest BCUT2D eigenvalue weighted by molar-refractivity contribution is 0.0812. The molecular weight excluding hydrogens is 200 g/mol. The fourth-order valence-electron chi connectivity index (χ4n) is 1.94. The first kappa shape index (κ1) is 15.9. The van der Waals surface area contributed by atoms with Gasteiger partial charge in [0.15, 0.2) is 0 Å². The molecule has 0 saturated heterocycles. The lowest BCUT2D eigenvalue weighted by atomic mass is 10.1. The van der Waals surface area contributed by atoms with E-state index in [2.05, 4.69) is 38.0 Å². The molecule has 0 rings (SSSR count). The van der Waals surface area contributed by atoms with Gasteiger partial charge in [-0.25, -0.2) is 0 Å². The number of likely N-dealkylation sites (N-methyl/N-ethyl adjacent to an activating group) is 1. The molecule has 2 unspecified atom stereocenters. The molecule has 0 aliphatic rings. The van der Waals surface area contributed by atoms with Crippen LogP contribution >= 0.6 is 0 Å². The Labute approximate surface area is 102 Å². The summed E-state index contributed by atoms with van der Waals surface area (Å²) in [5.41, 5.74) is 0. The zero-order valence-electron chi connectivity index (χ0n) is 11.8. The van der Waals surface area contributed by atoms with Crippen LogP contribution in [0.25, 0.3) is 0 Å². The van der Waals surface area contributed by atoms with E-state index in [1.54, 1.807) is 7.11 Å². The van der Waals surface area contributed by atoms with Crippen LogP contribution in [0.2, 0.25) is 0 Å². The normalized spacial score (nSPS) is 15.4. The van der Waals surface area contributed by atoms with Crippen LogP contribution in [-0.2, 0) is 4.74 Å². The van der Waals surface area contributed by atoms with Crippen molar-refractivity contribution in [3.8, 4) is 0 Å². The van der Waals surface area contributed by atoms with Crippen molar-refractivity contribution in [3.63, 3.8) is 0 Å². The van der Waals surface area contributed by atoms with E-state index in [0.717, 1.165) is 19.7 Å². The number of nitrogens with one attached hydrogen (secondary N) is 1. The molecule has 0 aliphatic heterocycles. The molecule has 3 nitrogen and oxygen atoms in total. The van der Waals surface area contributed by atoms with Gasteiger partial charge in [0, 0.05) is 25.7 Å². The molecule has 0 fully saturated rings. The predicted octanol–water partition coefficient (Wildman–Crippen LogP) is 2.12. The molecular formula is C13H30N2O. The van der Waals surface area contributed by atoms with Crippen LogP contribution in [0.15, 0.2) is 0 Å². The number of rotatable bonds is 10. The third-order valence-corrected chi connectivity index (χ3v) is 3.14. The van der Waals surface area contributed by atoms with Gasteiger partial charge in [0.25, 0.3) is 0 Å². The van der Waals surface area contributed by atoms with Crippen molar-refractivity contribution in [1.82, 2.24) is 10.2 Å². The summed E-state index contributed by atoms with van der Waals surface area (Å²) in [4.78, 5) is 2.44. The van der Waals surface area contributed by atoms with Crippen LogP contribution in [0.3, 0.4) is 0 Å². The third-order valence-electron chi connectivity index (χ3n) is 3.14. The summed E-state index contributed by atoms with van der Waals surface area (Å²) in [7, 11) is 3.99. The number of nitrogens with zero attached hydrogens (tertiary/aromatic N) is 1. The van der Waals surface area contributed by atoms with E-state index in [-0.39, 0.29) is 0 Å². The standard InChI is InChI=1S/C13H30N2O/c1-6-8-12(3)15(4)13(11-16-5)10-14-9-7-2/h12-14H,6-11H2,1-5H3. The molecule has 0 radical (unpaired) electrons. The fraction of sp³-hybridized carbons (Fsp3) is 1.00. The van der Waals surface area contributed by atoms with E-state index >= 15 is 0 Å².